The Labute approximate surface area is 190 Å². The second-order valence-corrected chi connectivity index (χ2v) is 7.58. The van der Waals surface area contributed by atoms with Crippen LogP contribution in [0.4, 0.5) is 10.1 Å². The molecule has 0 unspecified atom stereocenters. The van der Waals surface area contributed by atoms with E-state index in [4.69, 9.17) is 9.15 Å². The van der Waals surface area contributed by atoms with Gasteiger partial charge in [0.25, 0.3) is 5.91 Å². The number of carbonyl (C=O) groups is 1. The molecular weight excluding hydrogens is 425 g/mol. The maximum Gasteiger partial charge on any atom is 0.278 e. The van der Waals surface area contributed by atoms with Crippen molar-refractivity contribution >= 4 is 11.6 Å². The number of hydrogen-bond donors (Lipinski definition) is 1. The van der Waals surface area contributed by atoms with Gasteiger partial charge in [-0.05, 0) is 69.7 Å². The molecule has 0 aliphatic heterocycles. The number of nitrogens with zero attached hydrogens (tertiary/aromatic N) is 4. The van der Waals surface area contributed by atoms with Crippen LogP contribution in [0.2, 0.25) is 0 Å². The zero-order valence-corrected chi connectivity index (χ0v) is 18.8. The molecule has 1 N–H and O–H groups in total. The van der Waals surface area contributed by atoms with Crippen LogP contribution in [-0.4, -0.2) is 32.5 Å². The predicted molar refractivity (Wildman–Crippen MR) is 121 cm³/mol. The van der Waals surface area contributed by atoms with Crippen LogP contribution in [0.3, 0.4) is 0 Å². The highest BCUT2D eigenvalue weighted by Gasteiger charge is 2.19. The molecule has 9 heteroatoms. The first-order valence-corrected chi connectivity index (χ1v) is 10.5. The molecule has 0 radical (unpaired) electrons. The van der Waals surface area contributed by atoms with Gasteiger partial charge in [-0.15, -0.1) is 5.10 Å². The number of rotatable bonds is 7. The Hall–Kier alpha value is -4.01. The van der Waals surface area contributed by atoms with Gasteiger partial charge in [-0.3, -0.25) is 4.79 Å². The highest BCUT2D eigenvalue weighted by Crippen LogP contribution is 2.25. The number of benzene rings is 2. The van der Waals surface area contributed by atoms with E-state index in [-0.39, 0.29) is 12.2 Å². The normalized spacial score (nSPS) is 10.9. The van der Waals surface area contributed by atoms with Gasteiger partial charge >= 0.3 is 0 Å². The van der Waals surface area contributed by atoms with Crippen LogP contribution < -0.4 is 10.1 Å². The van der Waals surface area contributed by atoms with Gasteiger partial charge in [-0.1, -0.05) is 11.3 Å². The van der Waals surface area contributed by atoms with Gasteiger partial charge in [0.15, 0.2) is 5.69 Å². The monoisotopic (exact) mass is 449 g/mol. The largest absolute Gasteiger partial charge is 0.494 e. The van der Waals surface area contributed by atoms with Gasteiger partial charge in [0.1, 0.15) is 23.0 Å². The van der Waals surface area contributed by atoms with Crippen molar-refractivity contribution in [1.82, 2.24) is 20.0 Å². The lowest BCUT2D eigenvalue weighted by atomic mass is 10.2. The summed E-state index contributed by atoms with van der Waals surface area (Å²) in [5, 5.41) is 10.8. The summed E-state index contributed by atoms with van der Waals surface area (Å²) in [4.78, 5) is 17.2. The minimum Gasteiger partial charge on any atom is -0.494 e. The second-order valence-electron chi connectivity index (χ2n) is 7.58. The number of amides is 1. The van der Waals surface area contributed by atoms with Gasteiger partial charge < -0.3 is 14.5 Å². The molecule has 4 rings (SSSR count). The average Bonchev–Trinajstić information content (AvgIpc) is 3.34. The highest BCUT2D eigenvalue weighted by atomic mass is 19.1. The van der Waals surface area contributed by atoms with Gasteiger partial charge in [0, 0.05) is 11.3 Å². The Bertz CT molecular complexity index is 1290. The zero-order chi connectivity index (χ0) is 23.5. The van der Waals surface area contributed by atoms with Crippen molar-refractivity contribution in [3.05, 3.63) is 76.7 Å². The Morgan fingerprint density at radius 1 is 1.15 bits per heavy atom. The van der Waals surface area contributed by atoms with Crippen molar-refractivity contribution in [2.75, 3.05) is 11.9 Å². The van der Waals surface area contributed by atoms with Gasteiger partial charge in [0.2, 0.25) is 5.89 Å². The molecule has 0 aliphatic carbocycles. The van der Waals surface area contributed by atoms with Crippen LogP contribution in [0, 0.1) is 26.6 Å². The van der Waals surface area contributed by atoms with E-state index in [0.29, 0.717) is 40.9 Å². The molecule has 0 saturated carbocycles. The summed E-state index contributed by atoms with van der Waals surface area (Å²) in [6, 6.07) is 12.0. The molecule has 2 aromatic heterocycles. The van der Waals surface area contributed by atoms with E-state index in [0.717, 1.165) is 11.3 Å². The quantitative estimate of drug-likeness (QED) is 0.440. The molecule has 2 heterocycles. The van der Waals surface area contributed by atoms with Gasteiger partial charge in [-0.25, -0.2) is 14.1 Å². The van der Waals surface area contributed by atoms with Crippen molar-refractivity contribution in [2.24, 2.45) is 0 Å². The van der Waals surface area contributed by atoms with Gasteiger partial charge in [-0.2, -0.15) is 0 Å². The van der Waals surface area contributed by atoms with Crippen LogP contribution in [0.25, 0.3) is 11.5 Å². The molecule has 8 nitrogen and oxygen atoms in total. The summed E-state index contributed by atoms with van der Waals surface area (Å²) in [6.45, 7) is 8.04. The average molecular weight is 449 g/mol. The van der Waals surface area contributed by atoms with Crippen LogP contribution in [0.5, 0.6) is 5.75 Å². The number of anilines is 1. The van der Waals surface area contributed by atoms with Gasteiger partial charge in [0.05, 0.1) is 18.8 Å². The van der Waals surface area contributed by atoms with Crippen LogP contribution in [-0.2, 0) is 6.54 Å². The maximum atomic E-state index is 13.8. The van der Waals surface area contributed by atoms with Crippen molar-refractivity contribution in [3.8, 4) is 17.2 Å². The van der Waals surface area contributed by atoms with E-state index in [9.17, 15) is 9.18 Å². The Kier molecular flexibility index (Phi) is 6.21. The smallest absolute Gasteiger partial charge is 0.278 e. The second kappa shape index (κ2) is 9.23. The number of carbonyl (C=O) groups excluding carboxylic acids is 1. The lowest BCUT2D eigenvalue weighted by Crippen LogP contribution is -2.14. The number of ether oxygens (including phenoxy) is 1. The first-order valence-electron chi connectivity index (χ1n) is 10.5. The molecule has 2 aromatic carbocycles. The minimum atomic E-state index is -0.464. The molecule has 0 atom stereocenters. The topological polar surface area (TPSA) is 95.1 Å². The van der Waals surface area contributed by atoms with Crippen LogP contribution in [0.15, 0.2) is 46.9 Å². The summed E-state index contributed by atoms with van der Waals surface area (Å²) in [5.74, 6) is 1.06. The Morgan fingerprint density at radius 3 is 2.61 bits per heavy atom. The lowest BCUT2D eigenvalue weighted by molar-refractivity contribution is 0.102. The molecule has 4 aromatic rings. The Morgan fingerprint density at radius 2 is 1.91 bits per heavy atom. The highest BCUT2D eigenvalue weighted by molar-refractivity contribution is 6.03. The van der Waals surface area contributed by atoms with E-state index in [1.807, 2.05) is 38.1 Å². The summed E-state index contributed by atoms with van der Waals surface area (Å²) < 4.78 is 26.7. The number of aromatic nitrogens is 4. The summed E-state index contributed by atoms with van der Waals surface area (Å²) >= 11 is 0. The molecule has 0 bridgehead atoms. The third kappa shape index (κ3) is 4.77. The SMILES string of the molecule is CCOc1ccc(-c2nc(Cn3nnc(C(=O)Nc4ccc(C)c(F)c4)c3C)c(C)o2)cc1. The third-order valence-corrected chi connectivity index (χ3v) is 5.23. The van der Waals surface area contributed by atoms with E-state index in [1.54, 1.807) is 30.7 Å². The Balaban J connectivity index is 1.50. The fraction of sp³-hybridized carbons (Fsp3) is 0.250. The summed E-state index contributed by atoms with van der Waals surface area (Å²) in [5.41, 5.74) is 3.08. The standard InChI is InChI=1S/C24H24FN5O3/c1-5-32-19-10-7-17(8-11-19)24-27-21(16(4)33-24)13-30-15(3)22(28-29-30)23(31)26-18-9-6-14(2)20(25)12-18/h6-12H,5,13H2,1-4H3,(H,26,31). The van der Waals surface area contributed by atoms with E-state index in [2.05, 4.69) is 20.6 Å². The summed E-state index contributed by atoms with van der Waals surface area (Å²) in [6.07, 6.45) is 0. The molecular formula is C24H24FN5O3. The van der Waals surface area contributed by atoms with E-state index >= 15 is 0 Å². The summed E-state index contributed by atoms with van der Waals surface area (Å²) in [7, 11) is 0. The number of oxazole rings is 1. The minimum absolute atomic E-state index is 0.156. The predicted octanol–water partition coefficient (Wildman–Crippen LogP) is 4.70. The van der Waals surface area contributed by atoms with Crippen LogP contribution in [0.1, 0.15) is 40.1 Å². The molecule has 33 heavy (non-hydrogen) atoms. The van der Waals surface area contributed by atoms with Crippen molar-refractivity contribution < 1.29 is 18.3 Å². The van der Waals surface area contributed by atoms with Crippen molar-refractivity contribution in [2.45, 2.75) is 34.2 Å². The number of aryl methyl sites for hydroxylation is 2. The first-order chi connectivity index (χ1) is 15.9. The number of nitrogens with one attached hydrogen (secondary N) is 1. The molecule has 0 saturated heterocycles. The van der Waals surface area contributed by atoms with E-state index in [1.165, 1.54) is 6.07 Å². The lowest BCUT2D eigenvalue weighted by Gasteiger charge is -2.06. The van der Waals surface area contributed by atoms with Crippen molar-refractivity contribution in [1.29, 1.82) is 0 Å². The zero-order valence-electron chi connectivity index (χ0n) is 18.8. The van der Waals surface area contributed by atoms with Crippen molar-refractivity contribution in [3.63, 3.8) is 0 Å². The molecule has 0 aliphatic rings. The first kappa shape index (κ1) is 22.2. The van der Waals surface area contributed by atoms with E-state index < -0.39 is 11.7 Å². The molecule has 0 spiro atoms. The number of hydrogen-bond acceptors (Lipinski definition) is 6. The molecule has 1 amide bonds. The number of halogens is 1. The third-order valence-electron chi connectivity index (χ3n) is 5.23. The molecule has 0 fully saturated rings. The molecule has 170 valence electrons. The fourth-order valence-electron chi connectivity index (χ4n) is 3.28. The fourth-order valence-corrected chi connectivity index (χ4v) is 3.28. The maximum absolute atomic E-state index is 13.8. The van der Waals surface area contributed by atoms with Crippen LogP contribution >= 0.6 is 0 Å².